The van der Waals surface area contributed by atoms with E-state index in [-0.39, 0.29) is 0 Å². The Morgan fingerprint density at radius 2 is 2.44 bits per heavy atom. The first-order valence-electron chi connectivity index (χ1n) is 2.46. The molecule has 2 nitrogen and oxygen atoms in total. The zero-order valence-electron chi connectivity index (χ0n) is 4.50. The van der Waals surface area contributed by atoms with Crippen LogP contribution in [0.15, 0.2) is 11.4 Å². The molecule has 0 amide bonds. The maximum absolute atomic E-state index is 5.58. The van der Waals surface area contributed by atoms with Crippen LogP contribution in [0.4, 0.5) is 5.00 Å². The minimum absolute atomic E-state index is 0.825. The van der Waals surface area contributed by atoms with Crippen molar-refractivity contribution < 1.29 is 0 Å². The summed E-state index contributed by atoms with van der Waals surface area (Å²) in [5, 5.41) is 3.93. The van der Waals surface area contributed by atoms with Gasteiger partial charge in [-0.15, -0.1) is 11.3 Å². The van der Waals surface area contributed by atoms with E-state index in [1.54, 1.807) is 11.3 Å². The second kappa shape index (κ2) is 1.68. The van der Waals surface area contributed by atoms with Gasteiger partial charge in [0, 0.05) is 5.39 Å². The van der Waals surface area contributed by atoms with Crippen molar-refractivity contribution in [3.8, 4) is 0 Å². The smallest absolute Gasteiger partial charge is 0.139 e. The average Bonchev–Trinajstić information content (AvgIpc) is 2.35. The minimum Gasteiger partial charge on any atom is -0.389 e. The summed E-state index contributed by atoms with van der Waals surface area (Å²) < 4.78 is 4.11. The van der Waals surface area contributed by atoms with Crippen molar-refractivity contribution in [2.45, 2.75) is 0 Å². The van der Waals surface area contributed by atoms with E-state index in [4.69, 9.17) is 5.73 Å². The van der Waals surface area contributed by atoms with Gasteiger partial charge in [-0.2, -0.15) is 4.37 Å². The summed E-state index contributed by atoms with van der Waals surface area (Å²) in [4.78, 5) is 1.05. The zero-order valence-corrected chi connectivity index (χ0v) is 6.13. The Balaban J connectivity index is 2.99. The van der Waals surface area contributed by atoms with Crippen molar-refractivity contribution in [2.75, 3.05) is 5.73 Å². The number of hydrogen-bond acceptors (Lipinski definition) is 4. The van der Waals surface area contributed by atoms with Crippen LogP contribution in [0.2, 0.25) is 0 Å². The van der Waals surface area contributed by atoms with Gasteiger partial charge in [0.1, 0.15) is 9.83 Å². The topological polar surface area (TPSA) is 38.9 Å². The van der Waals surface area contributed by atoms with Crippen LogP contribution in [0, 0.1) is 0 Å². The van der Waals surface area contributed by atoms with Crippen LogP contribution in [0.1, 0.15) is 0 Å². The number of aromatic nitrogens is 1. The largest absolute Gasteiger partial charge is 0.389 e. The van der Waals surface area contributed by atoms with Gasteiger partial charge in [0.15, 0.2) is 0 Å². The SMILES string of the molecule is Nc1snc2sccc12. The molecule has 2 heterocycles. The standard InChI is InChI=1S/C5H4N2S2/c6-4-3-1-2-8-5(3)7-9-4/h1-2H,6H2. The number of hydrogen-bond donors (Lipinski definition) is 1. The highest BCUT2D eigenvalue weighted by Crippen LogP contribution is 2.28. The van der Waals surface area contributed by atoms with Crippen LogP contribution in [0.25, 0.3) is 10.2 Å². The van der Waals surface area contributed by atoms with Crippen molar-refractivity contribution >= 4 is 38.1 Å². The molecule has 0 aromatic carbocycles. The first-order valence-corrected chi connectivity index (χ1v) is 4.11. The van der Waals surface area contributed by atoms with E-state index in [1.807, 2.05) is 11.4 Å². The molecule has 0 bridgehead atoms. The Bertz CT molecular complexity index is 322. The third-order valence-corrected chi connectivity index (χ3v) is 2.75. The molecule has 0 saturated carbocycles. The summed E-state index contributed by atoms with van der Waals surface area (Å²) in [6, 6.07) is 2.00. The van der Waals surface area contributed by atoms with Gasteiger partial charge in [-0.25, -0.2) is 0 Å². The van der Waals surface area contributed by atoms with Crippen LogP contribution in [0.3, 0.4) is 0 Å². The maximum Gasteiger partial charge on any atom is 0.139 e. The average molecular weight is 156 g/mol. The van der Waals surface area contributed by atoms with Crippen molar-refractivity contribution in [1.29, 1.82) is 0 Å². The number of nitrogens with zero attached hydrogens (tertiary/aromatic N) is 1. The molecular formula is C5H4N2S2. The van der Waals surface area contributed by atoms with E-state index >= 15 is 0 Å². The number of rotatable bonds is 0. The first-order chi connectivity index (χ1) is 4.38. The molecule has 0 fully saturated rings. The molecule has 9 heavy (non-hydrogen) atoms. The molecule has 0 spiro atoms. The molecule has 4 heteroatoms. The van der Waals surface area contributed by atoms with E-state index in [1.165, 1.54) is 11.5 Å². The highest BCUT2D eigenvalue weighted by molar-refractivity contribution is 7.21. The van der Waals surface area contributed by atoms with Crippen molar-refractivity contribution in [3.05, 3.63) is 11.4 Å². The van der Waals surface area contributed by atoms with Gasteiger partial charge in [-0.05, 0) is 23.0 Å². The van der Waals surface area contributed by atoms with E-state index < -0.39 is 0 Å². The highest BCUT2D eigenvalue weighted by Gasteiger charge is 2.00. The normalized spacial score (nSPS) is 10.7. The zero-order chi connectivity index (χ0) is 6.27. The van der Waals surface area contributed by atoms with Crippen molar-refractivity contribution in [2.24, 2.45) is 0 Å². The number of thiophene rings is 1. The minimum atomic E-state index is 0.825. The lowest BCUT2D eigenvalue weighted by atomic mass is 10.4. The molecule has 0 unspecified atom stereocenters. The summed E-state index contributed by atoms with van der Waals surface area (Å²) in [5.41, 5.74) is 5.58. The molecular weight excluding hydrogens is 152 g/mol. The molecule has 0 aliphatic heterocycles. The molecule has 2 rings (SSSR count). The van der Waals surface area contributed by atoms with Gasteiger partial charge in [0.05, 0.1) is 0 Å². The van der Waals surface area contributed by atoms with Crippen molar-refractivity contribution in [1.82, 2.24) is 4.37 Å². The van der Waals surface area contributed by atoms with Gasteiger partial charge in [0.2, 0.25) is 0 Å². The van der Waals surface area contributed by atoms with Crippen LogP contribution >= 0.6 is 22.9 Å². The molecule has 2 aromatic heterocycles. The molecule has 0 atom stereocenters. The Morgan fingerprint density at radius 3 is 3.22 bits per heavy atom. The lowest BCUT2D eigenvalue weighted by molar-refractivity contribution is 1.76. The van der Waals surface area contributed by atoms with Crippen molar-refractivity contribution in [3.63, 3.8) is 0 Å². The molecule has 0 aliphatic carbocycles. The Morgan fingerprint density at radius 1 is 1.56 bits per heavy atom. The van der Waals surface area contributed by atoms with Crippen LogP contribution in [-0.2, 0) is 0 Å². The van der Waals surface area contributed by atoms with Crippen LogP contribution in [0.5, 0.6) is 0 Å². The molecule has 0 saturated heterocycles. The maximum atomic E-state index is 5.58. The van der Waals surface area contributed by atoms with Gasteiger partial charge in [0.25, 0.3) is 0 Å². The predicted octanol–water partition coefficient (Wildman–Crippen LogP) is 1.94. The molecule has 46 valence electrons. The highest BCUT2D eigenvalue weighted by atomic mass is 32.1. The second-order valence-electron chi connectivity index (χ2n) is 1.69. The molecule has 0 aliphatic rings. The first kappa shape index (κ1) is 5.20. The summed E-state index contributed by atoms with van der Waals surface area (Å²) in [7, 11) is 0. The van der Waals surface area contributed by atoms with Gasteiger partial charge >= 0.3 is 0 Å². The van der Waals surface area contributed by atoms with Crippen LogP contribution < -0.4 is 5.73 Å². The Hall–Kier alpha value is -0.610. The van der Waals surface area contributed by atoms with Gasteiger partial charge in [-0.1, -0.05) is 0 Å². The lowest BCUT2D eigenvalue weighted by Crippen LogP contribution is -1.74. The third kappa shape index (κ3) is 0.635. The number of nitrogens with two attached hydrogens (primary N) is 1. The Kier molecular flexibility index (Phi) is 0.972. The summed E-state index contributed by atoms with van der Waals surface area (Å²) in [6.45, 7) is 0. The summed E-state index contributed by atoms with van der Waals surface area (Å²) in [6.07, 6.45) is 0. The molecule has 2 aromatic rings. The summed E-state index contributed by atoms with van der Waals surface area (Å²) >= 11 is 2.99. The second-order valence-corrected chi connectivity index (χ2v) is 3.39. The van der Waals surface area contributed by atoms with Gasteiger partial charge in [-0.3, -0.25) is 0 Å². The summed E-state index contributed by atoms with van der Waals surface area (Å²) in [5.74, 6) is 0. The Labute approximate surface area is 60.1 Å². The molecule has 0 radical (unpaired) electrons. The lowest BCUT2D eigenvalue weighted by Gasteiger charge is -1.74. The fraction of sp³-hybridized carbons (Fsp3) is 0. The predicted molar refractivity (Wildman–Crippen MR) is 41.9 cm³/mol. The fourth-order valence-electron chi connectivity index (χ4n) is 0.699. The number of fused-ring (bicyclic) bond motifs is 1. The van der Waals surface area contributed by atoms with Crippen LogP contribution in [-0.4, -0.2) is 4.37 Å². The monoisotopic (exact) mass is 156 g/mol. The van der Waals surface area contributed by atoms with Gasteiger partial charge < -0.3 is 5.73 Å². The molecule has 2 N–H and O–H groups in total. The van der Waals surface area contributed by atoms with E-state index in [0.717, 1.165) is 15.2 Å². The third-order valence-electron chi connectivity index (χ3n) is 1.14. The van der Waals surface area contributed by atoms with E-state index in [0.29, 0.717) is 0 Å². The van der Waals surface area contributed by atoms with E-state index in [9.17, 15) is 0 Å². The fourth-order valence-corrected chi connectivity index (χ4v) is 2.23. The number of nitrogen functional groups attached to an aromatic ring is 1. The van der Waals surface area contributed by atoms with E-state index in [2.05, 4.69) is 4.37 Å². The quantitative estimate of drug-likeness (QED) is 0.633. The number of anilines is 1.